The van der Waals surface area contributed by atoms with Crippen LogP contribution in [-0.4, -0.2) is 42.3 Å². The van der Waals surface area contributed by atoms with E-state index in [1.165, 1.54) is 0 Å². The minimum Gasteiger partial charge on any atom is -0.355 e. The van der Waals surface area contributed by atoms with E-state index in [2.05, 4.69) is 10.2 Å². The van der Waals surface area contributed by atoms with Crippen molar-refractivity contribution >= 4 is 11.7 Å². The zero-order chi connectivity index (χ0) is 10.7. The van der Waals surface area contributed by atoms with E-state index in [1.54, 1.807) is 0 Å². The van der Waals surface area contributed by atoms with E-state index >= 15 is 0 Å². The molecule has 0 bridgehead atoms. The molecule has 1 N–H and O–H groups in total. The van der Waals surface area contributed by atoms with Gasteiger partial charge in [-0.1, -0.05) is 0 Å². The van der Waals surface area contributed by atoms with Gasteiger partial charge in [0.2, 0.25) is 5.91 Å². The van der Waals surface area contributed by atoms with Gasteiger partial charge in [-0.05, 0) is 19.3 Å². The summed E-state index contributed by atoms with van der Waals surface area (Å²) in [5.41, 5.74) is 0. The number of hydrogen-bond donors (Lipinski definition) is 1. The number of rotatable bonds is 1. The van der Waals surface area contributed by atoms with Crippen LogP contribution in [-0.2, 0) is 9.59 Å². The molecule has 0 spiro atoms. The average Bonchev–Trinajstić information content (AvgIpc) is 2.44. The van der Waals surface area contributed by atoms with Crippen LogP contribution in [0, 0.1) is 0 Å². The Morgan fingerprint density at radius 3 is 2.67 bits per heavy atom. The van der Waals surface area contributed by atoms with Gasteiger partial charge < -0.3 is 5.32 Å². The Morgan fingerprint density at radius 1 is 1.20 bits per heavy atom. The highest BCUT2D eigenvalue weighted by Gasteiger charge is 2.26. The predicted octanol–water partition coefficient (Wildman–Crippen LogP) is 0.320. The van der Waals surface area contributed by atoms with E-state index in [-0.39, 0.29) is 5.91 Å². The van der Waals surface area contributed by atoms with Gasteiger partial charge in [-0.15, -0.1) is 0 Å². The fourth-order valence-electron chi connectivity index (χ4n) is 2.43. The van der Waals surface area contributed by atoms with Gasteiger partial charge in [-0.25, -0.2) is 0 Å². The first-order chi connectivity index (χ1) is 7.25. The third-order valence-electron chi connectivity index (χ3n) is 3.32. The monoisotopic (exact) mass is 210 g/mol. The van der Waals surface area contributed by atoms with Crippen molar-refractivity contribution in [2.75, 3.05) is 19.6 Å². The first-order valence-electron chi connectivity index (χ1n) is 5.78. The highest BCUT2D eigenvalue weighted by atomic mass is 16.2. The number of hydrogen-bond acceptors (Lipinski definition) is 3. The molecule has 0 aromatic heterocycles. The first-order valence-corrected chi connectivity index (χ1v) is 5.78. The van der Waals surface area contributed by atoms with Gasteiger partial charge in [-0.2, -0.15) is 0 Å². The molecule has 1 aliphatic carbocycles. The lowest BCUT2D eigenvalue weighted by molar-refractivity contribution is -0.123. The van der Waals surface area contributed by atoms with Gasteiger partial charge in [-0.3, -0.25) is 14.5 Å². The second-order valence-corrected chi connectivity index (χ2v) is 4.44. The summed E-state index contributed by atoms with van der Waals surface area (Å²) in [6.45, 7) is 2.29. The zero-order valence-corrected chi connectivity index (χ0v) is 9.00. The van der Waals surface area contributed by atoms with E-state index in [0.717, 1.165) is 32.4 Å². The van der Waals surface area contributed by atoms with Crippen molar-refractivity contribution in [3.63, 3.8) is 0 Å². The summed E-state index contributed by atoms with van der Waals surface area (Å²) in [4.78, 5) is 24.8. The molecule has 4 nitrogen and oxygen atoms in total. The number of Topliss-reactive ketones (excluding diaryl/α,β-unsaturated/α-hetero) is 1. The average molecular weight is 210 g/mol. The molecule has 84 valence electrons. The standard InChI is InChI=1S/C11H18N2O2/c14-10-4-2-9(3-5-10)13-7-1-6-12-11(15)8-13/h9H,1-8H2,(H,12,15). The summed E-state index contributed by atoms with van der Waals surface area (Å²) in [5.74, 6) is 0.509. The van der Waals surface area contributed by atoms with Crippen molar-refractivity contribution in [3.05, 3.63) is 0 Å². The molecule has 15 heavy (non-hydrogen) atoms. The van der Waals surface area contributed by atoms with Crippen molar-refractivity contribution in [2.45, 2.75) is 38.1 Å². The first kappa shape index (κ1) is 10.6. The molecule has 0 aromatic rings. The summed E-state index contributed by atoms with van der Waals surface area (Å²) < 4.78 is 0. The van der Waals surface area contributed by atoms with Crippen molar-refractivity contribution < 1.29 is 9.59 Å². The van der Waals surface area contributed by atoms with E-state index in [9.17, 15) is 9.59 Å². The largest absolute Gasteiger partial charge is 0.355 e. The molecular formula is C11H18N2O2. The van der Waals surface area contributed by atoms with Gasteiger partial charge in [0.25, 0.3) is 0 Å². The van der Waals surface area contributed by atoms with Crippen molar-refractivity contribution in [1.82, 2.24) is 10.2 Å². The molecule has 1 saturated heterocycles. The second kappa shape index (κ2) is 4.75. The van der Waals surface area contributed by atoms with Crippen LogP contribution in [0.25, 0.3) is 0 Å². The van der Waals surface area contributed by atoms with E-state index in [1.807, 2.05) is 0 Å². The van der Waals surface area contributed by atoms with Crippen LogP contribution in [0.4, 0.5) is 0 Å². The Hall–Kier alpha value is -0.900. The van der Waals surface area contributed by atoms with Crippen molar-refractivity contribution in [2.24, 2.45) is 0 Å². The summed E-state index contributed by atoms with van der Waals surface area (Å²) in [5, 5.41) is 2.87. The number of ketones is 1. The maximum absolute atomic E-state index is 11.4. The summed E-state index contributed by atoms with van der Waals surface area (Å²) in [6, 6.07) is 0.451. The second-order valence-electron chi connectivity index (χ2n) is 4.44. The van der Waals surface area contributed by atoms with Gasteiger partial charge in [0.15, 0.2) is 0 Å². The lowest BCUT2D eigenvalue weighted by Crippen LogP contribution is -2.42. The Bertz CT molecular complexity index is 255. The number of nitrogens with zero attached hydrogens (tertiary/aromatic N) is 1. The molecule has 0 atom stereocenters. The third-order valence-corrected chi connectivity index (χ3v) is 3.32. The Balaban J connectivity index is 1.91. The molecule has 0 radical (unpaired) electrons. The van der Waals surface area contributed by atoms with Crippen molar-refractivity contribution in [1.29, 1.82) is 0 Å². The third kappa shape index (κ3) is 2.78. The molecule has 2 rings (SSSR count). The van der Waals surface area contributed by atoms with E-state index in [0.29, 0.717) is 31.2 Å². The van der Waals surface area contributed by atoms with E-state index < -0.39 is 0 Å². The molecular weight excluding hydrogens is 192 g/mol. The maximum atomic E-state index is 11.4. The molecule has 1 saturated carbocycles. The van der Waals surface area contributed by atoms with Crippen LogP contribution in [0.15, 0.2) is 0 Å². The van der Waals surface area contributed by atoms with Crippen molar-refractivity contribution in [3.8, 4) is 0 Å². The Kier molecular flexibility index (Phi) is 3.36. The van der Waals surface area contributed by atoms with Crippen LogP contribution in [0.3, 0.4) is 0 Å². The van der Waals surface area contributed by atoms with E-state index in [4.69, 9.17) is 0 Å². The lowest BCUT2D eigenvalue weighted by atomic mass is 9.93. The summed E-state index contributed by atoms with van der Waals surface area (Å²) in [6.07, 6.45) is 4.29. The highest BCUT2D eigenvalue weighted by Crippen LogP contribution is 2.20. The molecule has 0 unspecified atom stereocenters. The van der Waals surface area contributed by atoms with Crippen LogP contribution in [0.1, 0.15) is 32.1 Å². The molecule has 0 aromatic carbocycles. The molecule has 4 heteroatoms. The van der Waals surface area contributed by atoms with Crippen LogP contribution < -0.4 is 5.32 Å². The fourth-order valence-corrected chi connectivity index (χ4v) is 2.43. The quantitative estimate of drug-likeness (QED) is 0.678. The molecule has 1 heterocycles. The van der Waals surface area contributed by atoms with Gasteiger partial charge in [0, 0.05) is 32.0 Å². The summed E-state index contributed by atoms with van der Waals surface area (Å²) >= 11 is 0. The molecule has 2 fully saturated rings. The predicted molar refractivity (Wildman–Crippen MR) is 56.5 cm³/mol. The lowest BCUT2D eigenvalue weighted by Gasteiger charge is -2.31. The zero-order valence-electron chi connectivity index (χ0n) is 9.00. The Morgan fingerprint density at radius 2 is 1.93 bits per heavy atom. The smallest absolute Gasteiger partial charge is 0.234 e. The van der Waals surface area contributed by atoms with Gasteiger partial charge >= 0.3 is 0 Å². The maximum Gasteiger partial charge on any atom is 0.234 e. The number of carbonyl (C=O) groups excluding carboxylic acids is 2. The van der Waals surface area contributed by atoms with Gasteiger partial charge in [0.05, 0.1) is 6.54 Å². The molecule has 2 aliphatic rings. The highest BCUT2D eigenvalue weighted by molar-refractivity contribution is 5.79. The topological polar surface area (TPSA) is 49.4 Å². The SMILES string of the molecule is O=C1CCC(N2CCCNC(=O)C2)CC1. The van der Waals surface area contributed by atoms with Crippen LogP contribution >= 0.6 is 0 Å². The summed E-state index contributed by atoms with van der Waals surface area (Å²) in [7, 11) is 0. The number of carbonyl (C=O) groups is 2. The normalized spacial score (nSPS) is 26.1. The van der Waals surface area contributed by atoms with Gasteiger partial charge in [0.1, 0.15) is 5.78 Å². The molecule has 1 aliphatic heterocycles. The molecule has 1 amide bonds. The van der Waals surface area contributed by atoms with Crippen LogP contribution in [0.5, 0.6) is 0 Å². The minimum atomic E-state index is 0.129. The Labute approximate surface area is 90.0 Å². The number of amides is 1. The number of nitrogens with one attached hydrogen (secondary N) is 1. The van der Waals surface area contributed by atoms with Crippen LogP contribution in [0.2, 0.25) is 0 Å². The fraction of sp³-hybridized carbons (Fsp3) is 0.818. The minimum absolute atomic E-state index is 0.129.